The molecule has 1 amide bonds. The second-order valence-electron chi connectivity index (χ2n) is 5.24. The minimum absolute atomic E-state index is 0. The number of nitrogens with zero attached hydrogens (tertiary/aromatic N) is 1. The smallest absolute Gasteiger partial charge is 0.223 e. The fourth-order valence-electron chi connectivity index (χ4n) is 2.31. The number of sulfonamides is 1. The number of unbranched alkanes of at least 4 members (excludes halogenated alkanes) is 1. The quantitative estimate of drug-likeness (QED) is 0.633. The maximum absolute atomic E-state index is 12.0. The van der Waals surface area contributed by atoms with Gasteiger partial charge >= 0.3 is 0 Å². The maximum atomic E-state index is 12.0. The van der Waals surface area contributed by atoms with Crippen LogP contribution in [0.15, 0.2) is 0 Å². The van der Waals surface area contributed by atoms with Gasteiger partial charge in [0.15, 0.2) is 0 Å². The fourth-order valence-corrected chi connectivity index (χ4v) is 3.99. The third-order valence-corrected chi connectivity index (χ3v) is 5.60. The number of likely N-dealkylation sites (N-methyl/N-ethyl adjacent to an activating group) is 1. The summed E-state index contributed by atoms with van der Waals surface area (Å²) in [6.45, 7) is 4.28. The van der Waals surface area contributed by atoms with Gasteiger partial charge in [-0.05, 0) is 26.3 Å². The third-order valence-electron chi connectivity index (χ3n) is 3.65. The Morgan fingerprint density at radius 1 is 1.24 bits per heavy atom. The number of amides is 1. The Bertz CT molecular complexity index is 395. The first-order chi connectivity index (χ1) is 9.51. The number of carbonyl (C=O) groups is 1. The van der Waals surface area contributed by atoms with E-state index in [9.17, 15) is 13.2 Å². The Kier molecular flexibility index (Phi) is 10.2. The van der Waals surface area contributed by atoms with Crippen molar-refractivity contribution in [2.75, 3.05) is 39.0 Å². The lowest BCUT2D eigenvalue weighted by molar-refractivity contribution is -0.126. The Balaban J connectivity index is 0.00000400. The van der Waals surface area contributed by atoms with Crippen molar-refractivity contribution in [3.63, 3.8) is 0 Å². The summed E-state index contributed by atoms with van der Waals surface area (Å²) in [5, 5.41) is 5.84. The van der Waals surface area contributed by atoms with Crippen LogP contribution in [0.5, 0.6) is 0 Å². The molecular weight excluding hydrogens is 314 g/mol. The largest absolute Gasteiger partial charge is 0.355 e. The van der Waals surface area contributed by atoms with Gasteiger partial charge in [0, 0.05) is 32.1 Å². The molecule has 0 aromatic heterocycles. The summed E-state index contributed by atoms with van der Waals surface area (Å²) in [5.74, 6) is 0.220. The van der Waals surface area contributed by atoms with Crippen LogP contribution in [-0.4, -0.2) is 57.6 Å². The van der Waals surface area contributed by atoms with Gasteiger partial charge in [0.1, 0.15) is 0 Å². The monoisotopic (exact) mass is 341 g/mol. The highest BCUT2D eigenvalue weighted by atomic mass is 35.5. The van der Waals surface area contributed by atoms with E-state index in [1.807, 2.05) is 14.0 Å². The van der Waals surface area contributed by atoms with Crippen molar-refractivity contribution in [1.29, 1.82) is 0 Å². The van der Waals surface area contributed by atoms with E-state index in [2.05, 4.69) is 10.6 Å². The van der Waals surface area contributed by atoms with Crippen molar-refractivity contribution in [2.24, 2.45) is 5.92 Å². The zero-order chi connectivity index (χ0) is 15.0. The zero-order valence-electron chi connectivity index (χ0n) is 12.9. The summed E-state index contributed by atoms with van der Waals surface area (Å²) < 4.78 is 25.6. The van der Waals surface area contributed by atoms with Crippen LogP contribution in [-0.2, 0) is 14.8 Å². The van der Waals surface area contributed by atoms with E-state index in [0.29, 0.717) is 38.9 Å². The highest BCUT2D eigenvalue weighted by molar-refractivity contribution is 7.89. The number of hydrogen-bond donors (Lipinski definition) is 2. The first kappa shape index (κ1) is 20.6. The highest BCUT2D eigenvalue weighted by Gasteiger charge is 2.30. The number of piperidine rings is 1. The molecular formula is C13H28ClN3O3S. The molecule has 1 saturated heterocycles. The molecule has 1 rings (SSSR count). The Labute approximate surface area is 134 Å². The average Bonchev–Trinajstić information content (AvgIpc) is 2.45. The van der Waals surface area contributed by atoms with Gasteiger partial charge < -0.3 is 10.6 Å². The Morgan fingerprint density at radius 3 is 2.38 bits per heavy atom. The molecule has 21 heavy (non-hydrogen) atoms. The lowest BCUT2D eigenvalue weighted by atomic mass is 9.97. The van der Waals surface area contributed by atoms with E-state index in [0.717, 1.165) is 13.0 Å². The van der Waals surface area contributed by atoms with Crippen LogP contribution >= 0.6 is 12.4 Å². The van der Waals surface area contributed by atoms with Crippen molar-refractivity contribution < 1.29 is 13.2 Å². The molecule has 0 bridgehead atoms. The van der Waals surface area contributed by atoms with Crippen molar-refractivity contribution in [1.82, 2.24) is 14.9 Å². The number of hydrogen-bond acceptors (Lipinski definition) is 4. The molecule has 0 aromatic carbocycles. The van der Waals surface area contributed by atoms with Crippen LogP contribution in [0.25, 0.3) is 0 Å². The fraction of sp³-hybridized carbons (Fsp3) is 0.923. The van der Waals surface area contributed by atoms with E-state index in [1.54, 1.807) is 4.31 Å². The minimum Gasteiger partial charge on any atom is -0.355 e. The predicted octanol–water partition coefficient (Wildman–Crippen LogP) is 0.586. The van der Waals surface area contributed by atoms with Gasteiger partial charge in [-0.2, -0.15) is 0 Å². The molecule has 0 spiro atoms. The molecule has 8 heteroatoms. The normalized spacial score (nSPS) is 17.2. The molecule has 0 saturated carbocycles. The molecule has 1 aliphatic rings. The maximum Gasteiger partial charge on any atom is 0.223 e. The molecule has 0 unspecified atom stereocenters. The summed E-state index contributed by atoms with van der Waals surface area (Å²) in [6.07, 6.45) is 2.82. The van der Waals surface area contributed by atoms with E-state index >= 15 is 0 Å². The first-order valence-electron chi connectivity index (χ1n) is 7.41. The summed E-state index contributed by atoms with van der Waals surface area (Å²) in [6, 6.07) is 0. The number of nitrogens with one attached hydrogen (secondary N) is 2. The van der Waals surface area contributed by atoms with Gasteiger partial charge in [-0.3, -0.25) is 4.79 Å². The standard InChI is InChI=1S/C13H27N3O3S.ClH/c1-3-4-11-20(18,19)16-9-5-12(6-10-16)13(17)15-8-7-14-2;/h12,14H,3-11H2,1-2H3,(H,15,17);1H. The average molecular weight is 342 g/mol. The van der Waals surface area contributed by atoms with E-state index in [4.69, 9.17) is 0 Å². The van der Waals surface area contributed by atoms with E-state index in [1.165, 1.54) is 0 Å². The van der Waals surface area contributed by atoms with Gasteiger partial charge in [0.05, 0.1) is 5.75 Å². The highest BCUT2D eigenvalue weighted by Crippen LogP contribution is 2.20. The Morgan fingerprint density at radius 2 is 1.86 bits per heavy atom. The summed E-state index contributed by atoms with van der Waals surface area (Å²) in [7, 11) is -1.28. The summed E-state index contributed by atoms with van der Waals surface area (Å²) >= 11 is 0. The van der Waals surface area contributed by atoms with Crippen molar-refractivity contribution in [3.8, 4) is 0 Å². The third kappa shape index (κ3) is 6.95. The number of carbonyl (C=O) groups excluding carboxylic acids is 1. The van der Waals surface area contributed by atoms with Gasteiger partial charge in [-0.1, -0.05) is 13.3 Å². The molecule has 0 radical (unpaired) electrons. The van der Waals surface area contributed by atoms with Crippen LogP contribution in [0, 0.1) is 5.92 Å². The second-order valence-corrected chi connectivity index (χ2v) is 7.33. The van der Waals surface area contributed by atoms with Gasteiger partial charge in [0.25, 0.3) is 0 Å². The van der Waals surface area contributed by atoms with Crippen LogP contribution < -0.4 is 10.6 Å². The SMILES string of the molecule is CCCCS(=O)(=O)N1CCC(C(=O)NCCNC)CC1.Cl. The molecule has 126 valence electrons. The summed E-state index contributed by atoms with van der Waals surface area (Å²) in [5.41, 5.74) is 0. The molecule has 1 aliphatic heterocycles. The van der Waals surface area contributed by atoms with Crippen molar-refractivity contribution >= 4 is 28.3 Å². The van der Waals surface area contributed by atoms with Gasteiger partial charge in [-0.25, -0.2) is 12.7 Å². The number of rotatable bonds is 8. The van der Waals surface area contributed by atoms with Crippen molar-refractivity contribution in [3.05, 3.63) is 0 Å². The second kappa shape index (κ2) is 10.4. The summed E-state index contributed by atoms with van der Waals surface area (Å²) in [4.78, 5) is 11.9. The molecule has 1 heterocycles. The van der Waals surface area contributed by atoms with Crippen molar-refractivity contribution in [2.45, 2.75) is 32.6 Å². The van der Waals surface area contributed by atoms with Crippen LogP contribution in [0.4, 0.5) is 0 Å². The van der Waals surface area contributed by atoms with E-state index in [-0.39, 0.29) is 30.0 Å². The number of halogens is 1. The van der Waals surface area contributed by atoms with E-state index < -0.39 is 10.0 Å². The van der Waals surface area contributed by atoms with Gasteiger partial charge in [-0.15, -0.1) is 12.4 Å². The lowest BCUT2D eigenvalue weighted by Gasteiger charge is -2.30. The molecule has 0 aliphatic carbocycles. The topological polar surface area (TPSA) is 78.5 Å². The first-order valence-corrected chi connectivity index (χ1v) is 9.02. The molecule has 1 fully saturated rings. The van der Waals surface area contributed by atoms with Crippen LogP contribution in [0.1, 0.15) is 32.6 Å². The molecule has 0 aromatic rings. The molecule has 2 N–H and O–H groups in total. The van der Waals surface area contributed by atoms with Gasteiger partial charge in [0.2, 0.25) is 15.9 Å². The zero-order valence-corrected chi connectivity index (χ0v) is 14.6. The van der Waals surface area contributed by atoms with Crippen LogP contribution in [0.3, 0.4) is 0 Å². The molecule has 0 atom stereocenters. The lowest BCUT2D eigenvalue weighted by Crippen LogP contribution is -2.44. The minimum atomic E-state index is -3.12. The Hall–Kier alpha value is -0.370. The van der Waals surface area contributed by atoms with Crippen LogP contribution in [0.2, 0.25) is 0 Å². The molecule has 6 nitrogen and oxygen atoms in total. The predicted molar refractivity (Wildman–Crippen MR) is 87.2 cm³/mol.